The van der Waals surface area contributed by atoms with Gasteiger partial charge in [0.2, 0.25) is 10.0 Å². The highest BCUT2D eigenvalue weighted by atomic mass is 35.5. The number of fused-ring (bicyclic) bond motifs is 3. The van der Waals surface area contributed by atoms with E-state index < -0.39 is 21.6 Å². The van der Waals surface area contributed by atoms with Gasteiger partial charge in [-0.05, 0) is 52.8 Å². The molecule has 10 nitrogen and oxygen atoms in total. The smallest absolute Gasteiger partial charge is 0.359 e. The molecule has 0 N–H and O–H groups in total. The fraction of sp³-hybridized carbons (Fsp3) is 0.522. The van der Waals surface area contributed by atoms with Gasteiger partial charge in [0.15, 0.2) is 5.69 Å². The molecule has 1 aromatic heterocycles. The van der Waals surface area contributed by atoms with E-state index in [0.29, 0.717) is 22.1 Å². The van der Waals surface area contributed by atoms with Crippen LogP contribution in [0.2, 0.25) is 5.02 Å². The maximum atomic E-state index is 13.8. The molecule has 0 aliphatic carbocycles. The lowest BCUT2D eigenvalue weighted by Crippen LogP contribution is -2.61. The van der Waals surface area contributed by atoms with Crippen molar-refractivity contribution in [3.63, 3.8) is 0 Å². The molecule has 3 heterocycles. The van der Waals surface area contributed by atoms with Gasteiger partial charge >= 0.3 is 12.0 Å². The minimum absolute atomic E-state index is 0.0792. The number of ether oxygens (including phenoxy) is 1. The van der Waals surface area contributed by atoms with Gasteiger partial charge < -0.3 is 9.64 Å². The summed E-state index contributed by atoms with van der Waals surface area (Å²) >= 11 is 6.28. The van der Waals surface area contributed by atoms with E-state index >= 15 is 0 Å². The Kier molecular flexibility index (Phi) is 6.40. The summed E-state index contributed by atoms with van der Waals surface area (Å²) < 4.78 is 33.2. The molecule has 2 aliphatic rings. The van der Waals surface area contributed by atoms with E-state index in [4.69, 9.17) is 16.3 Å². The number of piperazine rings is 1. The zero-order chi connectivity index (χ0) is 25.9. The summed E-state index contributed by atoms with van der Waals surface area (Å²) in [4.78, 5) is 34.2. The summed E-state index contributed by atoms with van der Waals surface area (Å²) in [5.74, 6) is -0.569. The predicted molar refractivity (Wildman–Crippen MR) is 133 cm³/mol. The normalized spacial score (nSPS) is 20.9. The van der Waals surface area contributed by atoms with Gasteiger partial charge in [0.05, 0.1) is 29.9 Å². The van der Waals surface area contributed by atoms with E-state index in [2.05, 4.69) is 4.98 Å². The Morgan fingerprint density at radius 3 is 2.31 bits per heavy atom. The Balaban J connectivity index is 1.70. The predicted octanol–water partition coefficient (Wildman–Crippen LogP) is 3.28. The summed E-state index contributed by atoms with van der Waals surface area (Å²) in [6.07, 6.45) is 2.72. The standard InChI is InChI=1S/C23H30ClN5O5S/c1-14-10-26(11-15(2)29(14)35(6,32)33)22(31)27-12-19-20(21(30)34-23(3,4)5)25-13-28(19)17-8-7-16(24)9-18(17)27/h7-9,13-15H,10-12H2,1-6H3/t14-,15+. The fourth-order valence-electron chi connectivity index (χ4n) is 4.84. The number of urea groups is 1. The summed E-state index contributed by atoms with van der Waals surface area (Å²) in [5, 5.41) is 0.459. The maximum absolute atomic E-state index is 13.8. The molecule has 0 bridgehead atoms. The minimum atomic E-state index is -3.41. The second-order valence-corrected chi connectivity index (χ2v) is 12.4. The molecule has 1 aromatic carbocycles. The number of nitrogens with zero attached hydrogens (tertiary/aromatic N) is 5. The van der Waals surface area contributed by atoms with Crippen LogP contribution < -0.4 is 4.90 Å². The minimum Gasteiger partial charge on any atom is -0.455 e. The Labute approximate surface area is 210 Å². The number of benzene rings is 1. The van der Waals surface area contributed by atoms with Crippen LogP contribution in [0.5, 0.6) is 0 Å². The van der Waals surface area contributed by atoms with E-state index in [1.54, 1.807) is 67.2 Å². The molecule has 2 aliphatic heterocycles. The zero-order valence-electron chi connectivity index (χ0n) is 20.6. The molecule has 1 fully saturated rings. The van der Waals surface area contributed by atoms with Crippen LogP contribution in [0.4, 0.5) is 10.5 Å². The lowest BCUT2D eigenvalue weighted by Gasteiger charge is -2.44. The molecule has 0 unspecified atom stereocenters. The fourth-order valence-corrected chi connectivity index (χ4v) is 6.45. The number of halogens is 1. The number of imidazole rings is 1. The number of carbonyl (C=O) groups is 2. The van der Waals surface area contributed by atoms with Gasteiger partial charge in [0.25, 0.3) is 0 Å². The van der Waals surface area contributed by atoms with Gasteiger partial charge in [-0.15, -0.1) is 0 Å². The van der Waals surface area contributed by atoms with Crippen LogP contribution in [0.1, 0.15) is 50.8 Å². The van der Waals surface area contributed by atoms with E-state index in [0.717, 1.165) is 0 Å². The van der Waals surface area contributed by atoms with Gasteiger partial charge in [0.1, 0.15) is 11.9 Å². The van der Waals surface area contributed by atoms with Gasteiger partial charge in [-0.2, -0.15) is 4.31 Å². The average molecular weight is 524 g/mol. The second-order valence-electron chi connectivity index (χ2n) is 10.1. The number of sulfonamides is 1. The molecule has 4 rings (SSSR count). The van der Waals surface area contributed by atoms with Crippen LogP contribution in [0.15, 0.2) is 24.5 Å². The van der Waals surface area contributed by atoms with Crippen molar-refractivity contribution >= 4 is 39.3 Å². The molecule has 2 aromatic rings. The SMILES string of the molecule is C[C@@H]1CN(C(=O)N2Cc3c(C(=O)OC(C)(C)C)ncn3-c3ccc(Cl)cc32)C[C@H](C)N1S(C)(=O)=O. The third kappa shape index (κ3) is 4.89. The lowest BCUT2D eigenvalue weighted by molar-refractivity contribution is 0.00619. The number of rotatable bonds is 2. The topological polar surface area (TPSA) is 105 Å². The Morgan fingerprint density at radius 2 is 1.74 bits per heavy atom. The third-order valence-corrected chi connectivity index (χ3v) is 7.70. The van der Waals surface area contributed by atoms with Gasteiger partial charge in [-0.3, -0.25) is 9.47 Å². The van der Waals surface area contributed by atoms with Gasteiger partial charge in [-0.1, -0.05) is 11.6 Å². The largest absolute Gasteiger partial charge is 0.455 e. The van der Waals surface area contributed by atoms with Crippen molar-refractivity contribution < 1.29 is 22.7 Å². The first-order valence-electron chi connectivity index (χ1n) is 11.3. The number of esters is 1. The van der Waals surface area contributed by atoms with Crippen LogP contribution in [-0.4, -0.2) is 76.2 Å². The van der Waals surface area contributed by atoms with E-state index in [9.17, 15) is 18.0 Å². The van der Waals surface area contributed by atoms with E-state index in [1.807, 2.05) is 0 Å². The summed E-state index contributed by atoms with van der Waals surface area (Å²) in [6, 6.07) is 4.11. The maximum Gasteiger partial charge on any atom is 0.359 e. The molecule has 0 saturated carbocycles. The molecule has 190 valence electrons. The van der Waals surface area contributed by atoms with Crippen molar-refractivity contribution in [3.8, 4) is 5.69 Å². The van der Waals surface area contributed by atoms with Crippen molar-refractivity contribution in [2.75, 3.05) is 24.2 Å². The number of anilines is 1. The number of aromatic nitrogens is 2. The lowest BCUT2D eigenvalue weighted by atomic mass is 10.1. The van der Waals surface area contributed by atoms with E-state index in [1.165, 1.54) is 16.9 Å². The molecular weight excluding hydrogens is 494 g/mol. The summed E-state index contributed by atoms with van der Waals surface area (Å²) in [6.45, 7) is 9.45. The van der Waals surface area contributed by atoms with Crippen molar-refractivity contribution in [1.29, 1.82) is 0 Å². The molecule has 0 radical (unpaired) electrons. The molecule has 1 saturated heterocycles. The molecule has 2 atom stereocenters. The van der Waals surface area contributed by atoms with Crippen LogP contribution >= 0.6 is 11.6 Å². The van der Waals surface area contributed by atoms with Crippen molar-refractivity contribution in [1.82, 2.24) is 18.8 Å². The van der Waals surface area contributed by atoms with Crippen molar-refractivity contribution in [2.24, 2.45) is 0 Å². The Hall–Kier alpha value is -2.63. The van der Waals surface area contributed by atoms with Gasteiger partial charge in [-0.25, -0.2) is 23.0 Å². The zero-order valence-corrected chi connectivity index (χ0v) is 22.2. The summed E-state index contributed by atoms with van der Waals surface area (Å²) in [5.41, 5.74) is 1.20. The number of amides is 2. The molecular formula is C23H30ClN5O5S. The van der Waals surface area contributed by atoms with E-state index in [-0.39, 0.29) is 43.4 Å². The number of carbonyl (C=O) groups excluding carboxylic acids is 2. The van der Waals surface area contributed by atoms with Crippen molar-refractivity contribution in [2.45, 2.75) is 58.8 Å². The summed E-state index contributed by atoms with van der Waals surface area (Å²) in [7, 11) is -3.41. The Bertz CT molecular complexity index is 1270. The third-order valence-electron chi connectivity index (χ3n) is 5.98. The average Bonchev–Trinajstić information content (AvgIpc) is 3.13. The monoisotopic (exact) mass is 523 g/mol. The van der Waals surface area contributed by atoms with Gasteiger partial charge in [0, 0.05) is 30.2 Å². The quantitative estimate of drug-likeness (QED) is 0.559. The van der Waals surface area contributed by atoms with Crippen LogP contribution in [0.3, 0.4) is 0 Å². The molecule has 2 amide bonds. The number of hydrogen-bond acceptors (Lipinski definition) is 6. The molecule has 12 heteroatoms. The van der Waals surface area contributed by atoms with Crippen LogP contribution in [0.25, 0.3) is 5.69 Å². The molecule has 0 spiro atoms. The highest BCUT2D eigenvalue weighted by Gasteiger charge is 2.40. The first-order chi connectivity index (χ1) is 16.2. The molecule has 35 heavy (non-hydrogen) atoms. The first-order valence-corrected chi connectivity index (χ1v) is 13.5. The Morgan fingerprint density at radius 1 is 1.11 bits per heavy atom. The highest BCUT2D eigenvalue weighted by Crippen LogP contribution is 2.36. The van der Waals surface area contributed by atoms with Crippen LogP contribution in [0, 0.1) is 0 Å². The number of hydrogen-bond donors (Lipinski definition) is 0. The first kappa shape index (κ1) is 25.5. The second kappa shape index (κ2) is 8.79. The highest BCUT2D eigenvalue weighted by molar-refractivity contribution is 7.88. The van der Waals surface area contributed by atoms with Crippen molar-refractivity contribution in [3.05, 3.63) is 40.9 Å². The van der Waals surface area contributed by atoms with Crippen LogP contribution in [-0.2, 0) is 21.3 Å².